The van der Waals surface area contributed by atoms with Crippen LogP contribution in [0.5, 0.6) is 0 Å². The van der Waals surface area contributed by atoms with Crippen molar-refractivity contribution >= 4 is 11.6 Å². The van der Waals surface area contributed by atoms with E-state index in [1.54, 1.807) is 6.92 Å². The maximum Gasteiger partial charge on any atom is 0.232 e. The smallest absolute Gasteiger partial charge is 0.232 e. The zero-order valence-electron chi connectivity index (χ0n) is 12.8. The summed E-state index contributed by atoms with van der Waals surface area (Å²) in [6.45, 7) is 1.75. The molecule has 3 rings (SSSR count). The molecule has 0 aliphatic rings. The molecule has 0 bridgehead atoms. The standard InChI is InChI=1S/C18H14F2N2O2/c1-11-16(24-18(21-11)12-5-3-2-4-6-12)10-17(23)22-13-7-8-14(19)15(20)9-13/h2-9H,10H2,1H3,(H,22,23). The molecular weight excluding hydrogens is 314 g/mol. The highest BCUT2D eigenvalue weighted by Crippen LogP contribution is 2.22. The minimum Gasteiger partial charge on any atom is -0.440 e. The number of halogens is 2. The lowest BCUT2D eigenvalue weighted by atomic mass is 10.2. The molecule has 0 atom stereocenters. The van der Waals surface area contributed by atoms with Crippen LogP contribution in [0.15, 0.2) is 52.9 Å². The topological polar surface area (TPSA) is 55.1 Å². The predicted octanol–water partition coefficient (Wildman–Crippen LogP) is 4.11. The van der Waals surface area contributed by atoms with Crippen molar-refractivity contribution in [1.82, 2.24) is 4.98 Å². The second kappa shape index (κ2) is 6.62. The first-order chi connectivity index (χ1) is 11.5. The van der Waals surface area contributed by atoms with Crippen LogP contribution in [0, 0.1) is 18.6 Å². The van der Waals surface area contributed by atoms with Crippen molar-refractivity contribution in [1.29, 1.82) is 0 Å². The Balaban J connectivity index is 1.72. The highest BCUT2D eigenvalue weighted by molar-refractivity contribution is 5.92. The lowest BCUT2D eigenvalue weighted by Crippen LogP contribution is -2.14. The summed E-state index contributed by atoms with van der Waals surface area (Å²) < 4.78 is 31.7. The molecule has 4 nitrogen and oxygen atoms in total. The van der Waals surface area contributed by atoms with Crippen LogP contribution in [0.25, 0.3) is 11.5 Å². The van der Waals surface area contributed by atoms with Gasteiger partial charge in [0.2, 0.25) is 11.8 Å². The Bertz CT molecular complexity index is 876. The highest BCUT2D eigenvalue weighted by Gasteiger charge is 2.15. The SMILES string of the molecule is Cc1nc(-c2ccccc2)oc1CC(=O)Nc1ccc(F)c(F)c1. The Kier molecular flexibility index (Phi) is 4.37. The Morgan fingerprint density at radius 2 is 1.88 bits per heavy atom. The summed E-state index contributed by atoms with van der Waals surface area (Å²) in [6, 6.07) is 12.5. The van der Waals surface area contributed by atoms with E-state index >= 15 is 0 Å². The van der Waals surface area contributed by atoms with Gasteiger partial charge in [0, 0.05) is 17.3 Å². The van der Waals surface area contributed by atoms with Gasteiger partial charge in [0.05, 0.1) is 12.1 Å². The molecule has 24 heavy (non-hydrogen) atoms. The molecule has 1 heterocycles. The lowest BCUT2D eigenvalue weighted by molar-refractivity contribution is -0.115. The Morgan fingerprint density at radius 1 is 1.12 bits per heavy atom. The van der Waals surface area contributed by atoms with Crippen LogP contribution in [0.2, 0.25) is 0 Å². The number of carbonyl (C=O) groups is 1. The molecule has 0 spiro atoms. The largest absolute Gasteiger partial charge is 0.440 e. The Hall–Kier alpha value is -3.02. The summed E-state index contributed by atoms with van der Waals surface area (Å²) in [6.07, 6.45) is -0.0509. The molecule has 1 aromatic heterocycles. The van der Waals surface area contributed by atoms with Crippen molar-refractivity contribution in [3.63, 3.8) is 0 Å². The van der Waals surface area contributed by atoms with E-state index in [1.807, 2.05) is 30.3 Å². The fourth-order valence-corrected chi connectivity index (χ4v) is 2.22. The van der Waals surface area contributed by atoms with Crippen LogP contribution >= 0.6 is 0 Å². The summed E-state index contributed by atoms with van der Waals surface area (Å²) in [5.41, 5.74) is 1.60. The van der Waals surface area contributed by atoms with Gasteiger partial charge in [-0.3, -0.25) is 4.79 Å². The Labute approximate surface area is 137 Å². The van der Waals surface area contributed by atoms with Crippen molar-refractivity contribution < 1.29 is 18.0 Å². The molecule has 0 unspecified atom stereocenters. The van der Waals surface area contributed by atoms with E-state index in [9.17, 15) is 13.6 Å². The Morgan fingerprint density at radius 3 is 2.58 bits per heavy atom. The van der Waals surface area contributed by atoms with Gasteiger partial charge >= 0.3 is 0 Å². The van der Waals surface area contributed by atoms with E-state index in [2.05, 4.69) is 10.3 Å². The summed E-state index contributed by atoms with van der Waals surface area (Å²) >= 11 is 0. The first-order valence-electron chi connectivity index (χ1n) is 7.29. The van der Waals surface area contributed by atoms with Crippen molar-refractivity contribution in [3.8, 4) is 11.5 Å². The van der Waals surface area contributed by atoms with Crippen LogP contribution in [0.3, 0.4) is 0 Å². The number of anilines is 1. The maximum absolute atomic E-state index is 13.2. The second-order valence-electron chi connectivity index (χ2n) is 5.25. The molecule has 0 aliphatic carbocycles. The van der Waals surface area contributed by atoms with Gasteiger partial charge in [-0.25, -0.2) is 13.8 Å². The quantitative estimate of drug-likeness (QED) is 0.784. The van der Waals surface area contributed by atoms with Crippen LogP contribution < -0.4 is 5.32 Å². The molecule has 0 saturated carbocycles. The first-order valence-corrected chi connectivity index (χ1v) is 7.29. The summed E-state index contributed by atoms with van der Waals surface area (Å²) in [4.78, 5) is 16.4. The monoisotopic (exact) mass is 328 g/mol. The third kappa shape index (κ3) is 3.48. The number of nitrogens with zero attached hydrogens (tertiary/aromatic N) is 1. The van der Waals surface area contributed by atoms with Crippen molar-refractivity contribution in [3.05, 3.63) is 71.6 Å². The molecule has 3 aromatic rings. The van der Waals surface area contributed by atoms with E-state index in [-0.39, 0.29) is 12.1 Å². The summed E-state index contributed by atoms with van der Waals surface area (Å²) in [7, 11) is 0. The van der Waals surface area contributed by atoms with Crippen LogP contribution in [-0.2, 0) is 11.2 Å². The van der Waals surface area contributed by atoms with E-state index < -0.39 is 17.5 Å². The average molecular weight is 328 g/mol. The molecule has 0 aliphatic heterocycles. The lowest BCUT2D eigenvalue weighted by Gasteiger charge is -2.04. The average Bonchev–Trinajstić information content (AvgIpc) is 2.93. The fourth-order valence-electron chi connectivity index (χ4n) is 2.22. The third-order valence-electron chi connectivity index (χ3n) is 3.44. The van der Waals surface area contributed by atoms with Gasteiger partial charge in [0.1, 0.15) is 5.76 Å². The fraction of sp³-hybridized carbons (Fsp3) is 0.111. The molecular formula is C18H14F2N2O2. The van der Waals surface area contributed by atoms with Crippen LogP contribution in [-0.4, -0.2) is 10.9 Å². The zero-order valence-corrected chi connectivity index (χ0v) is 12.8. The minimum absolute atomic E-state index is 0.0509. The molecule has 1 amide bonds. The first kappa shape index (κ1) is 15.9. The van der Waals surface area contributed by atoms with Crippen molar-refractivity contribution in [2.24, 2.45) is 0 Å². The molecule has 0 fully saturated rings. The normalized spacial score (nSPS) is 10.6. The van der Waals surface area contributed by atoms with Gasteiger partial charge in [0.25, 0.3) is 0 Å². The number of nitrogens with one attached hydrogen (secondary N) is 1. The van der Waals surface area contributed by atoms with Crippen LogP contribution in [0.1, 0.15) is 11.5 Å². The predicted molar refractivity (Wildman–Crippen MR) is 85.4 cm³/mol. The maximum atomic E-state index is 13.2. The van der Waals surface area contributed by atoms with Crippen LogP contribution in [0.4, 0.5) is 14.5 Å². The zero-order chi connectivity index (χ0) is 17.1. The minimum atomic E-state index is -1.02. The molecule has 1 N–H and O–H groups in total. The number of benzene rings is 2. The summed E-state index contributed by atoms with van der Waals surface area (Å²) in [5.74, 6) is -1.53. The van der Waals surface area contributed by atoms with Crippen molar-refractivity contribution in [2.75, 3.05) is 5.32 Å². The van der Waals surface area contributed by atoms with E-state index in [0.717, 1.165) is 17.7 Å². The molecule has 122 valence electrons. The molecule has 0 radical (unpaired) electrons. The van der Waals surface area contributed by atoms with E-state index in [4.69, 9.17) is 4.42 Å². The second-order valence-corrected chi connectivity index (χ2v) is 5.25. The van der Waals surface area contributed by atoms with Gasteiger partial charge in [-0.15, -0.1) is 0 Å². The number of hydrogen-bond donors (Lipinski definition) is 1. The number of hydrogen-bond acceptors (Lipinski definition) is 3. The number of amides is 1. The van der Waals surface area contributed by atoms with E-state index in [1.165, 1.54) is 6.07 Å². The highest BCUT2D eigenvalue weighted by atomic mass is 19.2. The van der Waals surface area contributed by atoms with E-state index in [0.29, 0.717) is 17.3 Å². The van der Waals surface area contributed by atoms with Gasteiger partial charge in [-0.1, -0.05) is 18.2 Å². The van der Waals surface area contributed by atoms with Gasteiger partial charge < -0.3 is 9.73 Å². The molecule has 6 heteroatoms. The number of aromatic nitrogens is 1. The number of rotatable bonds is 4. The summed E-state index contributed by atoms with van der Waals surface area (Å²) in [5, 5.41) is 2.50. The number of aryl methyl sites for hydroxylation is 1. The third-order valence-corrected chi connectivity index (χ3v) is 3.44. The number of oxazole rings is 1. The van der Waals surface area contributed by atoms with Gasteiger partial charge in [-0.05, 0) is 31.2 Å². The van der Waals surface area contributed by atoms with Gasteiger partial charge in [-0.2, -0.15) is 0 Å². The van der Waals surface area contributed by atoms with Crippen molar-refractivity contribution in [2.45, 2.75) is 13.3 Å². The number of carbonyl (C=O) groups excluding carboxylic acids is 1. The molecule has 2 aromatic carbocycles. The van der Waals surface area contributed by atoms with Gasteiger partial charge in [0.15, 0.2) is 11.6 Å². The molecule has 0 saturated heterocycles.